The van der Waals surface area contributed by atoms with Gasteiger partial charge in [0.05, 0.1) is 25.5 Å². The Morgan fingerprint density at radius 1 is 0.882 bits per heavy atom. The average Bonchev–Trinajstić information content (AvgIpc) is 2.86. The van der Waals surface area contributed by atoms with Crippen LogP contribution in [0.3, 0.4) is 0 Å². The average molecular weight is 454 g/mol. The van der Waals surface area contributed by atoms with E-state index in [1.807, 2.05) is 36.4 Å². The topological polar surface area (TPSA) is 73.3 Å². The van der Waals surface area contributed by atoms with Crippen LogP contribution in [0.25, 0.3) is 22.4 Å². The van der Waals surface area contributed by atoms with Crippen molar-refractivity contribution in [3.05, 3.63) is 95.4 Å². The first kappa shape index (κ1) is 23.0. The molecule has 0 bridgehead atoms. The molecule has 0 saturated heterocycles. The van der Waals surface area contributed by atoms with Crippen LogP contribution in [0, 0.1) is 13.8 Å². The van der Waals surface area contributed by atoms with E-state index in [2.05, 4.69) is 47.3 Å². The molecule has 1 amide bonds. The van der Waals surface area contributed by atoms with Crippen LogP contribution in [0.5, 0.6) is 11.5 Å². The highest BCUT2D eigenvalue weighted by Crippen LogP contribution is 2.29. The van der Waals surface area contributed by atoms with Gasteiger partial charge in [0, 0.05) is 41.8 Å². The van der Waals surface area contributed by atoms with Crippen LogP contribution >= 0.6 is 0 Å². The van der Waals surface area contributed by atoms with Crippen LogP contribution in [-0.4, -0.2) is 30.1 Å². The molecule has 0 atom stereocenters. The summed E-state index contributed by atoms with van der Waals surface area (Å²) in [7, 11) is 3.18. The number of pyridine rings is 2. The number of amides is 1. The summed E-state index contributed by atoms with van der Waals surface area (Å²) < 4.78 is 10.7. The number of benzene rings is 2. The molecular formula is C28H27N3O3. The van der Waals surface area contributed by atoms with Gasteiger partial charge in [-0.3, -0.25) is 14.8 Å². The Hall–Kier alpha value is -4.19. The number of methoxy groups -OCH3 is 2. The smallest absolute Gasteiger partial charge is 0.252 e. The summed E-state index contributed by atoms with van der Waals surface area (Å²) >= 11 is 0. The lowest BCUT2D eigenvalue weighted by molar-refractivity contribution is 0.0951. The summed E-state index contributed by atoms with van der Waals surface area (Å²) in [6.07, 6.45) is 5.19. The number of carbonyl (C=O) groups is 1. The molecule has 0 unspecified atom stereocenters. The van der Waals surface area contributed by atoms with Gasteiger partial charge in [0.15, 0.2) is 11.5 Å². The predicted molar refractivity (Wildman–Crippen MR) is 133 cm³/mol. The van der Waals surface area contributed by atoms with Gasteiger partial charge in [0.25, 0.3) is 5.91 Å². The fourth-order valence-corrected chi connectivity index (χ4v) is 3.94. The molecule has 6 heteroatoms. The number of carbonyl (C=O) groups excluding carboxylic acids is 1. The molecule has 2 heterocycles. The first-order valence-electron chi connectivity index (χ1n) is 11.0. The van der Waals surface area contributed by atoms with Crippen molar-refractivity contribution in [1.82, 2.24) is 15.3 Å². The van der Waals surface area contributed by atoms with Crippen molar-refractivity contribution in [3.63, 3.8) is 0 Å². The Bertz CT molecular complexity index is 1300. The molecule has 0 radical (unpaired) electrons. The van der Waals surface area contributed by atoms with Crippen molar-refractivity contribution in [2.75, 3.05) is 14.2 Å². The number of hydrogen-bond donors (Lipinski definition) is 1. The van der Waals surface area contributed by atoms with Crippen molar-refractivity contribution in [2.24, 2.45) is 0 Å². The summed E-state index contributed by atoms with van der Waals surface area (Å²) in [5.74, 6) is 1.07. The Morgan fingerprint density at radius 3 is 2.32 bits per heavy atom. The van der Waals surface area contributed by atoms with Gasteiger partial charge in [0.1, 0.15) is 0 Å². The van der Waals surface area contributed by atoms with Crippen molar-refractivity contribution < 1.29 is 14.3 Å². The SMILES string of the molecule is COc1ccc(CNC(=O)c2cc(-c3cc(C)cc(C)c3)ncc2-c2cccnc2)cc1OC. The van der Waals surface area contributed by atoms with Crippen molar-refractivity contribution in [3.8, 4) is 33.9 Å². The highest BCUT2D eigenvalue weighted by atomic mass is 16.5. The van der Waals surface area contributed by atoms with E-state index < -0.39 is 0 Å². The maximum atomic E-state index is 13.4. The number of aryl methyl sites for hydroxylation is 2. The molecule has 34 heavy (non-hydrogen) atoms. The van der Waals surface area contributed by atoms with Gasteiger partial charge >= 0.3 is 0 Å². The van der Waals surface area contributed by atoms with E-state index in [0.29, 0.717) is 23.6 Å². The third kappa shape index (κ3) is 5.07. The van der Waals surface area contributed by atoms with Crippen molar-refractivity contribution >= 4 is 5.91 Å². The van der Waals surface area contributed by atoms with Gasteiger partial charge in [-0.25, -0.2) is 0 Å². The lowest BCUT2D eigenvalue weighted by Crippen LogP contribution is -2.23. The molecule has 0 aliphatic carbocycles. The number of nitrogens with zero attached hydrogens (tertiary/aromatic N) is 2. The molecule has 2 aromatic carbocycles. The van der Waals surface area contributed by atoms with Crippen LogP contribution in [0.1, 0.15) is 27.0 Å². The zero-order valence-corrected chi connectivity index (χ0v) is 19.8. The Morgan fingerprint density at radius 2 is 1.65 bits per heavy atom. The van der Waals surface area contributed by atoms with E-state index in [1.165, 1.54) is 0 Å². The van der Waals surface area contributed by atoms with E-state index >= 15 is 0 Å². The molecule has 4 rings (SSSR count). The molecule has 2 aromatic heterocycles. The highest BCUT2D eigenvalue weighted by Gasteiger charge is 2.16. The van der Waals surface area contributed by atoms with Crippen molar-refractivity contribution in [1.29, 1.82) is 0 Å². The summed E-state index contributed by atoms with van der Waals surface area (Å²) in [5, 5.41) is 3.03. The van der Waals surface area contributed by atoms with E-state index in [4.69, 9.17) is 9.47 Å². The molecule has 172 valence electrons. The Labute approximate surface area is 199 Å². The standard InChI is InChI=1S/C28H27N3O3/c1-18-10-19(2)12-22(11-18)25-14-23(24(17-30-25)21-6-5-9-29-16-21)28(32)31-15-20-7-8-26(33-3)27(13-20)34-4/h5-14,16-17H,15H2,1-4H3,(H,31,32). The Balaban J connectivity index is 1.68. The van der Waals surface area contributed by atoms with E-state index in [-0.39, 0.29) is 5.91 Å². The fraction of sp³-hybridized carbons (Fsp3) is 0.179. The van der Waals surface area contributed by atoms with E-state index in [1.54, 1.807) is 32.8 Å². The first-order valence-corrected chi connectivity index (χ1v) is 11.0. The predicted octanol–water partition coefficient (Wildman–Crippen LogP) is 5.37. The van der Waals surface area contributed by atoms with Gasteiger partial charge in [-0.15, -0.1) is 0 Å². The normalized spacial score (nSPS) is 10.6. The number of aromatic nitrogens is 2. The summed E-state index contributed by atoms with van der Waals surface area (Å²) in [6.45, 7) is 4.45. The number of nitrogens with one attached hydrogen (secondary N) is 1. The van der Waals surface area contributed by atoms with E-state index in [0.717, 1.165) is 39.1 Å². The van der Waals surface area contributed by atoms with Gasteiger partial charge in [-0.05, 0) is 55.8 Å². The minimum Gasteiger partial charge on any atom is -0.493 e. The summed E-state index contributed by atoms with van der Waals surface area (Å²) in [4.78, 5) is 22.3. The molecule has 0 saturated carbocycles. The molecule has 0 spiro atoms. The minimum atomic E-state index is -0.193. The quantitative estimate of drug-likeness (QED) is 0.407. The van der Waals surface area contributed by atoms with Gasteiger partial charge in [-0.1, -0.05) is 29.3 Å². The van der Waals surface area contributed by atoms with Crippen LogP contribution in [0.15, 0.2) is 73.2 Å². The third-order valence-electron chi connectivity index (χ3n) is 5.54. The monoisotopic (exact) mass is 453 g/mol. The number of rotatable bonds is 7. The lowest BCUT2D eigenvalue weighted by atomic mass is 9.98. The number of hydrogen-bond acceptors (Lipinski definition) is 5. The second-order valence-corrected chi connectivity index (χ2v) is 8.11. The van der Waals surface area contributed by atoms with Crippen LogP contribution in [-0.2, 0) is 6.54 Å². The summed E-state index contributed by atoms with van der Waals surface area (Å²) in [5.41, 5.74) is 7.01. The van der Waals surface area contributed by atoms with Crippen LogP contribution < -0.4 is 14.8 Å². The molecule has 0 aliphatic rings. The molecule has 0 aliphatic heterocycles. The highest BCUT2D eigenvalue weighted by molar-refractivity contribution is 6.01. The van der Waals surface area contributed by atoms with Gasteiger partial charge in [-0.2, -0.15) is 0 Å². The maximum absolute atomic E-state index is 13.4. The largest absolute Gasteiger partial charge is 0.493 e. The van der Waals surface area contributed by atoms with Gasteiger partial charge in [0.2, 0.25) is 0 Å². The Kier molecular flexibility index (Phi) is 6.87. The zero-order chi connectivity index (χ0) is 24.1. The van der Waals surface area contributed by atoms with Crippen molar-refractivity contribution in [2.45, 2.75) is 20.4 Å². The molecule has 6 nitrogen and oxygen atoms in total. The minimum absolute atomic E-state index is 0.193. The lowest BCUT2D eigenvalue weighted by Gasteiger charge is -2.14. The molecule has 0 fully saturated rings. The third-order valence-corrected chi connectivity index (χ3v) is 5.54. The van der Waals surface area contributed by atoms with Crippen LogP contribution in [0.4, 0.5) is 0 Å². The van der Waals surface area contributed by atoms with Crippen LogP contribution in [0.2, 0.25) is 0 Å². The number of ether oxygens (including phenoxy) is 2. The molecule has 4 aromatic rings. The van der Waals surface area contributed by atoms with E-state index in [9.17, 15) is 4.79 Å². The fourth-order valence-electron chi connectivity index (χ4n) is 3.94. The molecule has 1 N–H and O–H groups in total. The maximum Gasteiger partial charge on any atom is 0.252 e. The summed E-state index contributed by atoms with van der Waals surface area (Å²) in [6, 6.07) is 17.5. The second-order valence-electron chi connectivity index (χ2n) is 8.11. The first-order chi connectivity index (χ1) is 16.5. The zero-order valence-electron chi connectivity index (χ0n) is 19.8. The molecular weight excluding hydrogens is 426 g/mol. The second kappa shape index (κ2) is 10.2. The van der Waals surface area contributed by atoms with Gasteiger partial charge < -0.3 is 14.8 Å².